The Morgan fingerprint density at radius 3 is 2.35 bits per heavy atom. The summed E-state index contributed by atoms with van der Waals surface area (Å²) >= 11 is 11.9. The lowest BCUT2D eigenvalue weighted by Crippen LogP contribution is -2.33. The van der Waals surface area contributed by atoms with E-state index in [1.165, 1.54) is 35.6 Å². The van der Waals surface area contributed by atoms with Crippen LogP contribution in [0.2, 0.25) is 10.0 Å². The number of rotatable bonds is 5. The first kappa shape index (κ1) is 20.6. The van der Waals surface area contributed by atoms with Gasteiger partial charge in [-0.25, -0.2) is 12.8 Å². The highest BCUT2D eigenvalue weighted by Gasteiger charge is 2.25. The van der Waals surface area contributed by atoms with Crippen LogP contribution in [-0.4, -0.2) is 31.7 Å². The van der Waals surface area contributed by atoms with E-state index < -0.39 is 21.7 Å². The third-order valence-corrected chi connectivity index (χ3v) is 6.44. The summed E-state index contributed by atoms with van der Waals surface area (Å²) in [5.74, 6) is -1.20. The number of carbonyl (C=O) groups is 1. The van der Waals surface area contributed by atoms with Crippen molar-refractivity contribution in [3.8, 4) is 0 Å². The number of nitrogens with one attached hydrogen (secondary N) is 1. The molecule has 0 heterocycles. The predicted molar refractivity (Wildman–Crippen MR) is 101 cm³/mol. The Bertz CT molecular complexity index is 949. The molecule has 0 bridgehead atoms. The van der Waals surface area contributed by atoms with Gasteiger partial charge in [0.1, 0.15) is 5.82 Å². The van der Waals surface area contributed by atoms with Gasteiger partial charge in [0.05, 0.1) is 26.2 Å². The van der Waals surface area contributed by atoms with Gasteiger partial charge >= 0.3 is 0 Å². The zero-order valence-electron chi connectivity index (χ0n) is 14.3. The summed E-state index contributed by atoms with van der Waals surface area (Å²) in [6.07, 6.45) is 0. The second kappa shape index (κ2) is 7.92. The molecule has 0 fully saturated rings. The number of amides is 1. The predicted octanol–water partition coefficient (Wildman–Crippen LogP) is 4.41. The third kappa shape index (κ3) is 4.35. The van der Waals surface area contributed by atoms with Crippen LogP contribution in [0.5, 0.6) is 0 Å². The van der Waals surface area contributed by atoms with E-state index in [4.69, 9.17) is 23.2 Å². The summed E-state index contributed by atoms with van der Waals surface area (Å²) in [5, 5.41) is 2.58. The van der Waals surface area contributed by atoms with E-state index in [0.29, 0.717) is 0 Å². The van der Waals surface area contributed by atoms with Gasteiger partial charge in [-0.15, -0.1) is 0 Å². The van der Waals surface area contributed by atoms with Crippen LogP contribution in [-0.2, 0) is 10.0 Å². The highest BCUT2D eigenvalue weighted by Crippen LogP contribution is 2.27. The highest BCUT2D eigenvalue weighted by molar-refractivity contribution is 7.89. The first-order valence-corrected chi connectivity index (χ1v) is 9.77. The van der Waals surface area contributed by atoms with Gasteiger partial charge in [0.2, 0.25) is 10.0 Å². The van der Waals surface area contributed by atoms with Crippen LogP contribution in [0.3, 0.4) is 0 Å². The average molecular weight is 419 g/mol. The van der Waals surface area contributed by atoms with Crippen molar-refractivity contribution in [2.75, 3.05) is 12.4 Å². The first-order chi connectivity index (χ1) is 12.0. The van der Waals surface area contributed by atoms with E-state index in [1.807, 2.05) is 0 Å². The second-order valence-corrected chi connectivity index (χ2v) is 8.65. The maximum absolute atomic E-state index is 13.1. The largest absolute Gasteiger partial charge is 0.321 e. The summed E-state index contributed by atoms with van der Waals surface area (Å²) in [4.78, 5) is 12.4. The van der Waals surface area contributed by atoms with Crippen LogP contribution >= 0.6 is 23.2 Å². The van der Waals surface area contributed by atoms with Gasteiger partial charge in [-0.05, 0) is 50.2 Å². The van der Waals surface area contributed by atoms with E-state index in [1.54, 1.807) is 13.8 Å². The maximum Gasteiger partial charge on any atom is 0.257 e. The molecule has 0 aliphatic rings. The Hall–Kier alpha value is -1.67. The standard InChI is InChI=1S/C17H17Cl2FN2O3S/c1-10(2)22(3)26(24,25)12-5-6-14(18)13(9-12)17(23)21-16-7-4-11(20)8-15(16)19/h4-10H,1-3H3,(H,21,23). The van der Waals surface area contributed by atoms with E-state index in [2.05, 4.69) is 5.32 Å². The molecule has 0 aromatic heterocycles. The number of carbonyl (C=O) groups excluding carboxylic acids is 1. The minimum Gasteiger partial charge on any atom is -0.321 e. The van der Waals surface area contributed by atoms with Crippen molar-refractivity contribution in [3.63, 3.8) is 0 Å². The quantitative estimate of drug-likeness (QED) is 0.781. The van der Waals surface area contributed by atoms with Crippen LogP contribution in [0.15, 0.2) is 41.3 Å². The van der Waals surface area contributed by atoms with Gasteiger partial charge in [0, 0.05) is 13.1 Å². The van der Waals surface area contributed by atoms with Crippen LogP contribution < -0.4 is 5.32 Å². The van der Waals surface area contributed by atoms with Gasteiger partial charge < -0.3 is 5.32 Å². The molecule has 2 aromatic rings. The molecule has 0 aliphatic heterocycles. The van der Waals surface area contributed by atoms with Crippen molar-refractivity contribution in [2.24, 2.45) is 0 Å². The van der Waals surface area contributed by atoms with Crippen molar-refractivity contribution in [2.45, 2.75) is 24.8 Å². The van der Waals surface area contributed by atoms with Crippen molar-refractivity contribution >= 4 is 44.8 Å². The van der Waals surface area contributed by atoms with Crippen molar-refractivity contribution in [3.05, 3.63) is 57.8 Å². The molecule has 0 saturated carbocycles. The minimum atomic E-state index is -3.78. The number of hydrogen-bond donors (Lipinski definition) is 1. The third-order valence-electron chi connectivity index (χ3n) is 3.77. The lowest BCUT2D eigenvalue weighted by atomic mass is 10.2. The lowest BCUT2D eigenvalue weighted by molar-refractivity contribution is 0.102. The van der Waals surface area contributed by atoms with Crippen molar-refractivity contribution in [1.29, 1.82) is 0 Å². The van der Waals surface area contributed by atoms with Gasteiger partial charge in [0.15, 0.2) is 0 Å². The molecule has 9 heteroatoms. The van der Waals surface area contributed by atoms with E-state index in [-0.39, 0.29) is 32.2 Å². The van der Waals surface area contributed by atoms with Gasteiger partial charge in [-0.3, -0.25) is 4.79 Å². The monoisotopic (exact) mass is 418 g/mol. The zero-order valence-corrected chi connectivity index (χ0v) is 16.6. The SMILES string of the molecule is CC(C)N(C)S(=O)(=O)c1ccc(Cl)c(C(=O)Nc2ccc(F)cc2Cl)c1. The van der Waals surface area contributed by atoms with E-state index in [0.717, 1.165) is 12.1 Å². The number of halogens is 3. The summed E-state index contributed by atoms with van der Waals surface area (Å²) in [6, 6.07) is 7.10. The van der Waals surface area contributed by atoms with Crippen LogP contribution in [0, 0.1) is 5.82 Å². The molecule has 2 aromatic carbocycles. The Balaban J connectivity index is 2.39. The molecule has 26 heavy (non-hydrogen) atoms. The Morgan fingerprint density at radius 2 is 1.77 bits per heavy atom. The number of sulfonamides is 1. The number of benzene rings is 2. The maximum atomic E-state index is 13.1. The molecule has 0 atom stereocenters. The Kier molecular flexibility index (Phi) is 6.29. The van der Waals surface area contributed by atoms with Crippen LogP contribution in [0.1, 0.15) is 24.2 Å². The Morgan fingerprint density at radius 1 is 1.12 bits per heavy atom. The molecule has 1 amide bonds. The fourth-order valence-electron chi connectivity index (χ4n) is 2.06. The lowest BCUT2D eigenvalue weighted by Gasteiger charge is -2.21. The number of anilines is 1. The van der Waals surface area contributed by atoms with Crippen molar-refractivity contribution < 1.29 is 17.6 Å². The topological polar surface area (TPSA) is 66.5 Å². The molecule has 140 valence electrons. The molecule has 1 N–H and O–H groups in total. The normalized spacial score (nSPS) is 11.8. The summed E-state index contributed by atoms with van der Waals surface area (Å²) in [7, 11) is -2.33. The average Bonchev–Trinajstić information content (AvgIpc) is 2.56. The smallest absolute Gasteiger partial charge is 0.257 e. The molecule has 0 saturated heterocycles. The molecule has 0 spiro atoms. The molecular weight excluding hydrogens is 402 g/mol. The molecule has 2 rings (SSSR count). The summed E-state index contributed by atoms with van der Waals surface area (Å²) in [6.45, 7) is 3.47. The summed E-state index contributed by atoms with van der Waals surface area (Å²) in [5.41, 5.74) is 0.145. The van der Waals surface area contributed by atoms with Crippen LogP contribution in [0.4, 0.5) is 10.1 Å². The minimum absolute atomic E-state index is 0.0118. The molecule has 0 aliphatic carbocycles. The van der Waals surface area contributed by atoms with Gasteiger partial charge in [-0.2, -0.15) is 4.31 Å². The van der Waals surface area contributed by atoms with E-state index in [9.17, 15) is 17.6 Å². The Labute approximate surface area is 161 Å². The first-order valence-electron chi connectivity index (χ1n) is 7.58. The molecular formula is C17H17Cl2FN2O3S. The fourth-order valence-corrected chi connectivity index (χ4v) is 3.88. The van der Waals surface area contributed by atoms with Gasteiger partial charge in [0.25, 0.3) is 5.91 Å². The molecule has 5 nitrogen and oxygen atoms in total. The molecule has 0 radical (unpaired) electrons. The fraction of sp³-hybridized carbons (Fsp3) is 0.235. The summed E-state index contributed by atoms with van der Waals surface area (Å²) < 4.78 is 39.5. The van der Waals surface area contributed by atoms with E-state index >= 15 is 0 Å². The van der Waals surface area contributed by atoms with Gasteiger partial charge in [-0.1, -0.05) is 23.2 Å². The molecule has 0 unspecified atom stereocenters. The number of nitrogens with zero attached hydrogens (tertiary/aromatic N) is 1. The van der Waals surface area contributed by atoms with Crippen molar-refractivity contribution in [1.82, 2.24) is 4.31 Å². The van der Waals surface area contributed by atoms with Crippen LogP contribution in [0.25, 0.3) is 0 Å². The number of hydrogen-bond acceptors (Lipinski definition) is 3. The highest BCUT2D eigenvalue weighted by atomic mass is 35.5. The second-order valence-electron chi connectivity index (χ2n) is 5.83. The zero-order chi connectivity index (χ0) is 19.6.